The molecule has 0 radical (unpaired) electrons. The van der Waals surface area contributed by atoms with Gasteiger partial charge in [0.2, 0.25) is 0 Å². The van der Waals surface area contributed by atoms with Crippen LogP contribution in [0.2, 0.25) is 0 Å². The molecule has 0 fully saturated rings. The zero-order chi connectivity index (χ0) is 12.1. The number of nitrogens with one attached hydrogen (secondary N) is 2. The minimum Gasteiger partial charge on any atom is -0.492 e. The van der Waals surface area contributed by atoms with Crippen molar-refractivity contribution in [1.29, 1.82) is 0 Å². The number of nitrogens with two attached hydrogens (primary N) is 1. The molecule has 0 aliphatic heterocycles. The predicted molar refractivity (Wildman–Crippen MR) is 67.9 cm³/mol. The van der Waals surface area contributed by atoms with Crippen molar-refractivity contribution in [1.82, 2.24) is 10.2 Å². The number of hydrogen-bond acceptors (Lipinski definition) is 4. The summed E-state index contributed by atoms with van der Waals surface area (Å²) in [6.45, 7) is 3.19. The van der Waals surface area contributed by atoms with Gasteiger partial charge in [0, 0.05) is 6.20 Å². The maximum Gasteiger partial charge on any atom is 0.144 e. The van der Waals surface area contributed by atoms with Crippen LogP contribution in [0.5, 0.6) is 5.75 Å². The fraction of sp³-hybridized carbons (Fsp3) is 0.250. The van der Waals surface area contributed by atoms with Crippen molar-refractivity contribution in [3.05, 3.63) is 36.2 Å². The van der Waals surface area contributed by atoms with E-state index >= 15 is 0 Å². The average molecular weight is 232 g/mol. The van der Waals surface area contributed by atoms with Gasteiger partial charge in [-0.1, -0.05) is 6.07 Å². The average Bonchev–Trinajstić information content (AvgIpc) is 2.83. The molecule has 0 bridgehead atoms. The van der Waals surface area contributed by atoms with Crippen LogP contribution in [0, 0.1) is 0 Å². The molecule has 0 aliphatic rings. The van der Waals surface area contributed by atoms with E-state index in [2.05, 4.69) is 15.5 Å². The summed E-state index contributed by atoms with van der Waals surface area (Å²) in [5.41, 5.74) is 8.50. The van der Waals surface area contributed by atoms with E-state index in [1.165, 1.54) is 0 Å². The number of nitrogens with zero attached hydrogens (tertiary/aromatic N) is 1. The molecule has 0 spiro atoms. The number of rotatable bonds is 5. The molecule has 1 aromatic carbocycles. The minimum absolute atomic E-state index is 0.605. The van der Waals surface area contributed by atoms with E-state index in [4.69, 9.17) is 10.5 Å². The van der Waals surface area contributed by atoms with Gasteiger partial charge in [0.05, 0.1) is 30.2 Å². The lowest BCUT2D eigenvalue weighted by molar-refractivity contribution is 0.342. The summed E-state index contributed by atoms with van der Waals surface area (Å²) in [6, 6.07) is 7.61. The molecular weight excluding hydrogens is 216 g/mol. The van der Waals surface area contributed by atoms with Crippen LogP contribution in [-0.2, 0) is 6.54 Å². The molecule has 2 aromatic rings. The molecule has 1 heterocycles. The fourth-order valence-corrected chi connectivity index (χ4v) is 1.55. The van der Waals surface area contributed by atoms with E-state index in [0.717, 1.165) is 11.4 Å². The van der Waals surface area contributed by atoms with Crippen LogP contribution in [0.3, 0.4) is 0 Å². The van der Waals surface area contributed by atoms with Crippen molar-refractivity contribution in [3.8, 4) is 5.75 Å². The zero-order valence-electron chi connectivity index (χ0n) is 9.73. The molecule has 17 heavy (non-hydrogen) atoms. The smallest absolute Gasteiger partial charge is 0.144 e. The molecule has 0 saturated heterocycles. The summed E-state index contributed by atoms with van der Waals surface area (Å²) >= 11 is 0. The second kappa shape index (κ2) is 5.25. The van der Waals surface area contributed by atoms with Crippen molar-refractivity contribution in [2.24, 2.45) is 0 Å². The van der Waals surface area contributed by atoms with Gasteiger partial charge in [0.15, 0.2) is 0 Å². The van der Waals surface area contributed by atoms with Gasteiger partial charge in [-0.05, 0) is 25.1 Å². The first-order valence-corrected chi connectivity index (χ1v) is 5.54. The van der Waals surface area contributed by atoms with Gasteiger partial charge in [0.25, 0.3) is 0 Å². The quantitative estimate of drug-likeness (QED) is 0.689. The number of aromatic amines is 1. The molecule has 0 amide bonds. The van der Waals surface area contributed by atoms with Crippen LogP contribution in [0.15, 0.2) is 30.5 Å². The zero-order valence-corrected chi connectivity index (χ0v) is 9.73. The van der Waals surface area contributed by atoms with Gasteiger partial charge < -0.3 is 15.8 Å². The second-order valence-electron chi connectivity index (χ2n) is 3.59. The van der Waals surface area contributed by atoms with Crippen LogP contribution < -0.4 is 15.8 Å². The predicted octanol–water partition coefficient (Wildman–Crippen LogP) is 2.00. The third-order valence-corrected chi connectivity index (χ3v) is 2.39. The van der Waals surface area contributed by atoms with Gasteiger partial charge in [-0.3, -0.25) is 5.10 Å². The van der Waals surface area contributed by atoms with Crippen LogP contribution in [0.25, 0.3) is 0 Å². The first kappa shape index (κ1) is 11.3. The maximum atomic E-state index is 6.00. The van der Waals surface area contributed by atoms with Gasteiger partial charge in [-0.15, -0.1) is 0 Å². The van der Waals surface area contributed by atoms with Crippen molar-refractivity contribution in [2.75, 3.05) is 17.7 Å². The number of benzene rings is 1. The summed E-state index contributed by atoms with van der Waals surface area (Å²) in [5, 5.41) is 10.0. The summed E-state index contributed by atoms with van der Waals surface area (Å²) in [7, 11) is 0. The highest BCUT2D eigenvalue weighted by Crippen LogP contribution is 2.29. The third-order valence-electron chi connectivity index (χ3n) is 2.39. The Labute approximate surface area is 100.0 Å². The summed E-state index contributed by atoms with van der Waals surface area (Å²) in [6.07, 6.45) is 1.72. The Morgan fingerprint density at radius 2 is 2.29 bits per heavy atom. The highest BCUT2D eigenvalue weighted by Gasteiger charge is 2.05. The van der Waals surface area contributed by atoms with Crippen molar-refractivity contribution in [3.63, 3.8) is 0 Å². The Hall–Kier alpha value is -2.17. The SMILES string of the molecule is CCOc1cccc(NCc2ccn[nH]2)c1N. The van der Waals surface area contributed by atoms with Crippen molar-refractivity contribution < 1.29 is 4.74 Å². The molecule has 1 aromatic heterocycles. The normalized spacial score (nSPS) is 10.2. The number of nitrogen functional groups attached to an aromatic ring is 1. The minimum atomic E-state index is 0.605. The van der Waals surface area contributed by atoms with Crippen molar-refractivity contribution in [2.45, 2.75) is 13.5 Å². The van der Waals surface area contributed by atoms with E-state index in [9.17, 15) is 0 Å². The van der Waals surface area contributed by atoms with E-state index in [0.29, 0.717) is 24.6 Å². The first-order chi connectivity index (χ1) is 8.31. The highest BCUT2D eigenvalue weighted by atomic mass is 16.5. The second-order valence-corrected chi connectivity index (χ2v) is 3.59. The van der Waals surface area contributed by atoms with E-state index in [-0.39, 0.29) is 0 Å². The monoisotopic (exact) mass is 232 g/mol. The van der Waals surface area contributed by atoms with E-state index < -0.39 is 0 Å². The molecule has 5 heteroatoms. The van der Waals surface area contributed by atoms with Gasteiger partial charge in [-0.2, -0.15) is 5.10 Å². The number of H-pyrrole nitrogens is 1. The molecular formula is C12H16N4O. The highest BCUT2D eigenvalue weighted by molar-refractivity contribution is 5.72. The van der Waals surface area contributed by atoms with Crippen LogP contribution in [0.4, 0.5) is 11.4 Å². The maximum absolute atomic E-state index is 6.00. The standard InChI is InChI=1S/C12H16N4O/c1-2-17-11-5-3-4-10(12(11)13)14-8-9-6-7-15-16-9/h3-7,14H,2,8,13H2,1H3,(H,15,16). The Kier molecular flexibility index (Phi) is 3.49. The van der Waals surface area contributed by atoms with Crippen LogP contribution in [0.1, 0.15) is 12.6 Å². The Bertz CT molecular complexity index is 467. The lowest BCUT2D eigenvalue weighted by Crippen LogP contribution is -2.04. The number of para-hydroxylation sites is 1. The summed E-state index contributed by atoms with van der Waals surface area (Å²) in [5.74, 6) is 0.710. The molecule has 5 nitrogen and oxygen atoms in total. The van der Waals surface area contributed by atoms with Gasteiger partial charge in [0.1, 0.15) is 5.75 Å². The van der Waals surface area contributed by atoms with E-state index in [1.807, 2.05) is 31.2 Å². The molecule has 2 rings (SSSR count). The molecule has 4 N–H and O–H groups in total. The van der Waals surface area contributed by atoms with Gasteiger partial charge in [-0.25, -0.2) is 0 Å². The molecule has 0 atom stereocenters. The lowest BCUT2D eigenvalue weighted by atomic mass is 10.2. The molecule has 0 unspecified atom stereocenters. The largest absolute Gasteiger partial charge is 0.492 e. The van der Waals surface area contributed by atoms with Crippen molar-refractivity contribution >= 4 is 11.4 Å². The fourth-order valence-electron chi connectivity index (χ4n) is 1.55. The number of ether oxygens (including phenoxy) is 1. The molecule has 90 valence electrons. The van der Waals surface area contributed by atoms with E-state index in [1.54, 1.807) is 6.20 Å². The molecule has 0 aliphatic carbocycles. The van der Waals surface area contributed by atoms with Crippen LogP contribution >= 0.6 is 0 Å². The lowest BCUT2D eigenvalue weighted by Gasteiger charge is -2.12. The van der Waals surface area contributed by atoms with Gasteiger partial charge >= 0.3 is 0 Å². The topological polar surface area (TPSA) is 76.0 Å². The third kappa shape index (κ3) is 2.69. The first-order valence-electron chi connectivity index (χ1n) is 5.54. The number of anilines is 2. The summed E-state index contributed by atoms with van der Waals surface area (Å²) in [4.78, 5) is 0. The summed E-state index contributed by atoms with van der Waals surface area (Å²) < 4.78 is 5.43. The Balaban J connectivity index is 2.07. The van der Waals surface area contributed by atoms with Crippen LogP contribution in [-0.4, -0.2) is 16.8 Å². The number of aromatic nitrogens is 2. The number of hydrogen-bond donors (Lipinski definition) is 3. The Morgan fingerprint density at radius 3 is 3.00 bits per heavy atom. The molecule has 0 saturated carbocycles. The Morgan fingerprint density at radius 1 is 1.41 bits per heavy atom.